The fraction of sp³-hybridized carbons (Fsp3) is 0.222. The van der Waals surface area contributed by atoms with Crippen LogP contribution in [0.25, 0.3) is 0 Å². The minimum absolute atomic E-state index is 0.209. The van der Waals surface area contributed by atoms with Crippen LogP contribution >= 0.6 is 0 Å². The summed E-state index contributed by atoms with van der Waals surface area (Å²) in [5.74, 6) is -2.36. The molecule has 11 nitrogen and oxygen atoms in total. The van der Waals surface area contributed by atoms with Gasteiger partial charge in [0.1, 0.15) is 5.56 Å². The first-order chi connectivity index (χ1) is 13.5. The van der Waals surface area contributed by atoms with Crippen LogP contribution in [-0.2, 0) is 5.54 Å². The number of nitro benzene ring substituents is 2. The van der Waals surface area contributed by atoms with Crippen molar-refractivity contribution in [3.05, 3.63) is 88.0 Å². The SMILES string of the molecule is Cc1c([N+](=O)[O-])c(C)c(C2([N+](=O)[O-])C(=O)c3ccccc3C2=O)c(C)c1[N+](=O)[O-]. The van der Waals surface area contributed by atoms with Crippen molar-refractivity contribution >= 4 is 22.9 Å². The molecule has 0 fully saturated rings. The van der Waals surface area contributed by atoms with E-state index in [2.05, 4.69) is 0 Å². The summed E-state index contributed by atoms with van der Waals surface area (Å²) in [5, 5.41) is 35.4. The Morgan fingerprint density at radius 2 is 1.10 bits per heavy atom. The molecular formula is C18H13N3O8. The molecule has 148 valence electrons. The number of fused-ring (bicyclic) bond motifs is 1. The molecule has 0 unspecified atom stereocenters. The van der Waals surface area contributed by atoms with Crippen LogP contribution in [0.2, 0.25) is 0 Å². The molecule has 1 aliphatic rings. The van der Waals surface area contributed by atoms with Crippen molar-refractivity contribution in [3.63, 3.8) is 0 Å². The van der Waals surface area contributed by atoms with Crippen molar-refractivity contribution in [1.82, 2.24) is 0 Å². The minimum atomic E-state index is -3.03. The molecule has 0 saturated heterocycles. The van der Waals surface area contributed by atoms with E-state index in [4.69, 9.17) is 0 Å². The second-order valence-corrected chi connectivity index (χ2v) is 6.63. The summed E-state index contributed by atoms with van der Waals surface area (Å²) in [7, 11) is 0. The molecule has 0 aromatic heterocycles. The van der Waals surface area contributed by atoms with E-state index in [0.717, 1.165) is 20.8 Å². The zero-order chi connectivity index (χ0) is 21.8. The van der Waals surface area contributed by atoms with Gasteiger partial charge in [0.05, 0.1) is 15.4 Å². The summed E-state index contributed by atoms with van der Waals surface area (Å²) in [4.78, 5) is 58.7. The van der Waals surface area contributed by atoms with E-state index in [-0.39, 0.29) is 27.8 Å². The van der Waals surface area contributed by atoms with Gasteiger partial charge in [-0.25, -0.2) is 0 Å². The van der Waals surface area contributed by atoms with E-state index < -0.39 is 48.8 Å². The first kappa shape index (κ1) is 19.7. The Labute approximate surface area is 162 Å². The van der Waals surface area contributed by atoms with E-state index in [1.807, 2.05) is 0 Å². The maximum atomic E-state index is 13.1. The first-order valence-electron chi connectivity index (χ1n) is 8.25. The number of carbonyl (C=O) groups is 2. The van der Waals surface area contributed by atoms with Gasteiger partial charge in [0.2, 0.25) is 0 Å². The summed E-state index contributed by atoms with van der Waals surface area (Å²) < 4.78 is 0. The van der Waals surface area contributed by atoms with Crippen LogP contribution in [0.15, 0.2) is 24.3 Å². The molecular weight excluding hydrogens is 386 g/mol. The third-order valence-corrected chi connectivity index (χ3v) is 5.25. The highest BCUT2D eigenvalue weighted by atomic mass is 16.6. The van der Waals surface area contributed by atoms with Crippen molar-refractivity contribution < 1.29 is 24.4 Å². The van der Waals surface area contributed by atoms with Gasteiger partial charge in [-0.1, -0.05) is 24.3 Å². The molecule has 0 amide bonds. The average molecular weight is 399 g/mol. The second kappa shape index (κ2) is 6.26. The highest BCUT2D eigenvalue weighted by molar-refractivity contribution is 6.32. The fourth-order valence-corrected chi connectivity index (χ4v) is 4.14. The Bertz CT molecular complexity index is 1090. The van der Waals surface area contributed by atoms with Gasteiger partial charge in [0.25, 0.3) is 22.9 Å². The van der Waals surface area contributed by atoms with Gasteiger partial charge in [0, 0.05) is 27.2 Å². The molecule has 0 saturated carbocycles. The Morgan fingerprint density at radius 3 is 1.41 bits per heavy atom. The zero-order valence-corrected chi connectivity index (χ0v) is 15.4. The normalized spacial score (nSPS) is 14.6. The molecule has 0 bridgehead atoms. The van der Waals surface area contributed by atoms with Crippen LogP contribution < -0.4 is 0 Å². The molecule has 0 atom stereocenters. The number of nitrogens with zero attached hydrogens (tertiary/aromatic N) is 3. The van der Waals surface area contributed by atoms with Gasteiger partial charge in [0.15, 0.2) is 0 Å². The lowest BCUT2D eigenvalue weighted by molar-refractivity contribution is -0.538. The molecule has 29 heavy (non-hydrogen) atoms. The minimum Gasteiger partial charge on any atom is -0.285 e. The lowest BCUT2D eigenvalue weighted by atomic mass is 9.78. The van der Waals surface area contributed by atoms with E-state index >= 15 is 0 Å². The van der Waals surface area contributed by atoms with Gasteiger partial charge in [-0.3, -0.25) is 39.9 Å². The molecule has 0 radical (unpaired) electrons. The first-order valence-corrected chi connectivity index (χ1v) is 8.25. The quantitative estimate of drug-likeness (QED) is 0.430. The van der Waals surface area contributed by atoms with Gasteiger partial charge >= 0.3 is 5.54 Å². The summed E-state index contributed by atoms with van der Waals surface area (Å²) in [6.07, 6.45) is 0. The summed E-state index contributed by atoms with van der Waals surface area (Å²) in [6.45, 7) is 3.43. The van der Waals surface area contributed by atoms with E-state index in [0.29, 0.717) is 0 Å². The summed E-state index contributed by atoms with van der Waals surface area (Å²) >= 11 is 0. The van der Waals surface area contributed by atoms with Crippen molar-refractivity contribution in [3.8, 4) is 0 Å². The molecule has 0 N–H and O–H groups in total. The maximum absolute atomic E-state index is 13.1. The fourth-order valence-electron chi connectivity index (χ4n) is 4.14. The second-order valence-electron chi connectivity index (χ2n) is 6.63. The van der Waals surface area contributed by atoms with Crippen LogP contribution in [0.3, 0.4) is 0 Å². The lowest BCUT2D eigenvalue weighted by Gasteiger charge is -2.22. The lowest BCUT2D eigenvalue weighted by Crippen LogP contribution is -2.47. The Kier molecular flexibility index (Phi) is 4.26. The van der Waals surface area contributed by atoms with Crippen LogP contribution in [0.4, 0.5) is 11.4 Å². The van der Waals surface area contributed by atoms with Gasteiger partial charge in [-0.05, 0) is 20.8 Å². The van der Waals surface area contributed by atoms with E-state index in [1.165, 1.54) is 24.3 Å². The topological polar surface area (TPSA) is 164 Å². The van der Waals surface area contributed by atoms with Gasteiger partial charge < -0.3 is 0 Å². The van der Waals surface area contributed by atoms with Crippen LogP contribution in [-0.4, -0.2) is 26.3 Å². The highest BCUT2D eigenvalue weighted by Gasteiger charge is 2.67. The van der Waals surface area contributed by atoms with E-state index in [9.17, 15) is 39.9 Å². The number of nitro groups is 3. The number of hydrogen-bond acceptors (Lipinski definition) is 8. The van der Waals surface area contributed by atoms with Crippen molar-refractivity contribution in [2.75, 3.05) is 0 Å². The largest absolute Gasteiger partial charge is 0.371 e. The van der Waals surface area contributed by atoms with Crippen LogP contribution in [0, 0.1) is 51.1 Å². The molecule has 2 aromatic rings. The molecule has 0 heterocycles. The Balaban J connectivity index is 2.57. The highest BCUT2D eigenvalue weighted by Crippen LogP contribution is 2.48. The molecule has 11 heteroatoms. The number of rotatable bonds is 4. The molecule has 2 aromatic carbocycles. The standard InChI is InChI=1S/C18H13N3O8/c1-8-13(9(2)15(20(26)27)10(3)14(8)19(24)25)18(21(28)29)16(22)11-6-4-5-7-12(11)17(18)23/h4-7H,1-3H3. The maximum Gasteiger partial charge on any atom is 0.371 e. The number of Topliss-reactive ketones (excluding diaryl/α,β-unsaturated/α-hetero) is 2. The smallest absolute Gasteiger partial charge is 0.285 e. The predicted octanol–water partition coefficient (Wildman–Crippen LogP) is 2.98. The molecule has 0 spiro atoms. The third kappa shape index (κ3) is 2.30. The number of benzene rings is 2. The number of ketones is 2. The van der Waals surface area contributed by atoms with Gasteiger partial charge in [-0.15, -0.1) is 0 Å². The summed E-state index contributed by atoms with van der Waals surface area (Å²) in [6, 6.07) is 5.31. The van der Waals surface area contributed by atoms with Gasteiger partial charge in [-0.2, -0.15) is 0 Å². The predicted molar refractivity (Wildman–Crippen MR) is 97.7 cm³/mol. The number of carbonyl (C=O) groups excluding carboxylic acids is 2. The van der Waals surface area contributed by atoms with Crippen LogP contribution in [0.5, 0.6) is 0 Å². The van der Waals surface area contributed by atoms with Crippen molar-refractivity contribution in [2.24, 2.45) is 0 Å². The van der Waals surface area contributed by atoms with Crippen molar-refractivity contribution in [1.29, 1.82) is 0 Å². The van der Waals surface area contributed by atoms with Crippen molar-refractivity contribution in [2.45, 2.75) is 26.3 Å². The van der Waals surface area contributed by atoms with E-state index in [1.54, 1.807) is 0 Å². The third-order valence-electron chi connectivity index (χ3n) is 5.25. The van der Waals surface area contributed by atoms with Crippen LogP contribution in [0.1, 0.15) is 43.0 Å². The zero-order valence-electron chi connectivity index (χ0n) is 15.4. The number of hydrogen-bond donors (Lipinski definition) is 0. The molecule has 1 aliphatic carbocycles. The summed E-state index contributed by atoms with van der Waals surface area (Å²) in [5.41, 5.74) is -6.53. The monoisotopic (exact) mass is 399 g/mol. The molecule has 3 rings (SSSR count). The average Bonchev–Trinajstić information content (AvgIpc) is 2.84. The molecule has 0 aliphatic heterocycles. The Morgan fingerprint density at radius 1 is 0.724 bits per heavy atom. The Hall–Kier alpha value is -4.02.